The van der Waals surface area contributed by atoms with Crippen LogP contribution >= 0.6 is 0 Å². The molecule has 13 heavy (non-hydrogen) atoms. The molecule has 0 heterocycles. The fourth-order valence-corrected chi connectivity index (χ4v) is 1.10. The first kappa shape index (κ1) is 9.39. The SMILES string of the molecule is C=c1cccc/c1=C(\C=O)C=NC. The summed E-state index contributed by atoms with van der Waals surface area (Å²) in [5, 5.41) is 1.67. The summed E-state index contributed by atoms with van der Waals surface area (Å²) in [5.41, 5.74) is 0.563. The number of hydrogen-bond donors (Lipinski definition) is 0. The maximum Gasteiger partial charge on any atom is 0.152 e. The predicted octanol–water partition coefficient (Wildman–Crippen LogP) is 0.147. The van der Waals surface area contributed by atoms with Crippen molar-refractivity contribution in [2.45, 2.75) is 0 Å². The lowest BCUT2D eigenvalue weighted by atomic mass is 10.1. The van der Waals surface area contributed by atoms with Crippen LogP contribution < -0.4 is 10.4 Å². The van der Waals surface area contributed by atoms with Gasteiger partial charge in [0.25, 0.3) is 0 Å². The number of aliphatic imine (C=N–C) groups is 1. The molecule has 0 aromatic heterocycles. The van der Waals surface area contributed by atoms with Crippen molar-refractivity contribution in [1.82, 2.24) is 0 Å². The van der Waals surface area contributed by atoms with Crippen LogP contribution in [0, 0.1) is 0 Å². The van der Waals surface area contributed by atoms with Gasteiger partial charge in [-0.25, -0.2) is 0 Å². The topological polar surface area (TPSA) is 29.4 Å². The minimum atomic E-state index is 0.563. The third-order valence-corrected chi connectivity index (χ3v) is 1.72. The molecule has 0 saturated heterocycles. The van der Waals surface area contributed by atoms with Gasteiger partial charge in [-0.2, -0.15) is 0 Å². The van der Waals surface area contributed by atoms with E-state index in [1.54, 1.807) is 7.05 Å². The van der Waals surface area contributed by atoms with Gasteiger partial charge in [-0.05, 0) is 10.4 Å². The zero-order valence-corrected chi connectivity index (χ0v) is 7.53. The Morgan fingerprint density at radius 3 is 2.69 bits per heavy atom. The van der Waals surface area contributed by atoms with Crippen molar-refractivity contribution in [2.24, 2.45) is 4.99 Å². The minimum absolute atomic E-state index is 0.563. The van der Waals surface area contributed by atoms with Crippen LogP contribution in [0.5, 0.6) is 0 Å². The molecule has 0 saturated carbocycles. The summed E-state index contributed by atoms with van der Waals surface area (Å²) in [5.74, 6) is 0. The molecule has 0 aliphatic rings. The van der Waals surface area contributed by atoms with Gasteiger partial charge in [0.2, 0.25) is 0 Å². The van der Waals surface area contributed by atoms with Gasteiger partial charge in [0.15, 0.2) is 6.29 Å². The second-order valence-electron chi connectivity index (χ2n) is 2.62. The molecular formula is C11H11NO. The van der Waals surface area contributed by atoms with E-state index in [0.717, 1.165) is 16.7 Å². The second-order valence-corrected chi connectivity index (χ2v) is 2.62. The standard InChI is InChI=1S/C11H11NO/c1-9-5-3-4-6-11(9)10(8-13)7-12-2/h3-8H,1H2,2H3/b11-10+,12-7?. The van der Waals surface area contributed by atoms with E-state index < -0.39 is 0 Å². The molecule has 0 aliphatic carbocycles. The van der Waals surface area contributed by atoms with Gasteiger partial charge in [0.1, 0.15) is 0 Å². The van der Waals surface area contributed by atoms with Crippen LogP contribution in [0.3, 0.4) is 0 Å². The molecule has 2 heteroatoms. The zero-order chi connectivity index (χ0) is 9.68. The first-order valence-corrected chi connectivity index (χ1v) is 3.95. The summed E-state index contributed by atoms with van der Waals surface area (Å²) >= 11 is 0. The smallest absolute Gasteiger partial charge is 0.152 e. The number of nitrogens with zero attached hydrogens (tertiary/aromatic N) is 1. The lowest BCUT2D eigenvalue weighted by molar-refractivity contribution is -0.103. The molecule has 0 radical (unpaired) electrons. The van der Waals surface area contributed by atoms with Crippen LogP contribution in [-0.2, 0) is 4.79 Å². The summed E-state index contributed by atoms with van der Waals surface area (Å²) in [7, 11) is 1.63. The van der Waals surface area contributed by atoms with E-state index in [4.69, 9.17) is 0 Å². The molecule has 0 N–H and O–H groups in total. The van der Waals surface area contributed by atoms with Gasteiger partial charge in [0.05, 0.1) is 0 Å². The number of aldehydes is 1. The van der Waals surface area contributed by atoms with Gasteiger partial charge in [-0.3, -0.25) is 9.79 Å². The van der Waals surface area contributed by atoms with Crippen LogP contribution in [0.2, 0.25) is 0 Å². The van der Waals surface area contributed by atoms with E-state index in [0.29, 0.717) is 5.57 Å². The maximum atomic E-state index is 10.7. The van der Waals surface area contributed by atoms with Crippen LogP contribution in [0.15, 0.2) is 29.3 Å². The highest BCUT2D eigenvalue weighted by molar-refractivity contribution is 6.26. The molecule has 0 spiro atoms. The summed E-state index contributed by atoms with van der Waals surface area (Å²) < 4.78 is 0. The summed E-state index contributed by atoms with van der Waals surface area (Å²) in [4.78, 5) is 14.5. The van der Waals surface area contributed by atoms with Crippen LogP contribution in [0.25, 0.3) is 12.2 Å². The lowest BCUT2D eigenvalue weighted by Gasteiger charge is -1.91. The Labute approximate surface area is 76.9 Å². The number of carbonyl (C=O) groups is 1. The van der Waals surface area contributed by atoms with E-state index in [2.05, 4.69) is 11.6 Å². The van der Waals surface area contributed by atoms with E-state index in [9.17, 15) is 4.79 Å². The quantitative estimate of drug-likeness (QED) is 0.462. The molecule has 1 rings (SSSR count). The van der Waals surface area contributed by atoms with Crippen molar-refractivity contribution in [1.29, 1.82) is 0 Å². The third-order valence-electron chi connectivity index (χ3n) is 1.72. The molecule has 0 atom stereocenters. The van der Waals surface area contributed by atoms with Gasteiger partial charge in [-0.15, -0.1) is 0 Å². The van der Waals surface area contributed by atoms with Crippen molar-refractivity contribution < 1.29 is 4.79 Å². The number of carbonyl (C=O) groups excluding carboxylic acids is 1. The molecule has 0 fully saturated rings. The van der Waals surface area contributed by atoms with Crippen molar-refractivity contribution in [2.75, 3.05) is 7.05 Å². The fourth-order valence-electron chi connectivity index (χ4n) is 1.10. The van der Waals surface area contributed by atoms with Crippen molar-refractivity contribution in [3.05, 3.63) is 34.7 Å². The van der Waals surface area contributed by atoms with Gasteiger partial charge in [-0.1, -0.05) is 30.8 Å². The third kappa shape index (κ3) is 2.12. The predicted molar refractivity (Wildman–Crippen MR) is 55.1 cm³/mol. The van der Waals surface area contributed by atoms with E-state index in [1.807, 2.05) is 24.3 Å². The minimum Gasteiger partial charge on any atom is -0.298 e. The Balaban J connectivity index is 3.55. The summed E-state index contributed by atoms with van der Waals surface area (Å²) in [6.07, 6.45) is 2.33. The molecule has 1 aromatic carbocycles. The van der Waals surface area contributed by atoms with E-state index >= 15 is 0 Å². The lowest BCUT2D eigenvalue weighted by Crippen LogP contribution is -2.25. The second kappa shape index (κ2) is 4.36. The molecular weight excluding hydrogens is 162 g/mol. The maximum absolute atomic E-state index is 10.7. The average molecular weight is 173 g/mol. The number of hydrogen-bond acceptors (Lipinski definition) is 2. The Morgan fingerprint density at radius 1 is 1.46 bits per heavy atom. The molecule has 1 aromatic rings. The summed E-state index contributed by atoms with van der Waals surface area (Å²) in [6, 6.07) is 7.48. The average Bonchev–Trinajstić information content (AvgIpc) is 2.16. The highest BCUT2D eigenvalue weighted by Crippen LogP contribution is 1.80. The Hall–Kier alpha value is -1.70. The number of rotatable bonds is 2. The van der Waals surface area contributed by atoms with Crippen LogP contribution in [0.4, 0.5) is 0 Å². The highest BCUT2D eigenvalue weighted by Gasteiger charge is 1.91. The molecule has 2 nitrogen and oxygen atoms in total. The van der Waals surface area contributed by atoms with Crippen molar-refractivity contribution >= 4 is 24.7 Å². The zero-order valence-electron chi connectivity index (χ0n) is 7.53. The monoisotopic (exact) mass is 173 g/mol. The van der Waals surface area contributed by atoms with Gasteiger partial charge < -0.3 is 0 Å². The fraction of sp³-hybridized carbons (Fsp3) is 0.0909. The Kier molecular flexibility index (Phi) is 3.15. The first-order chi connectivity index (χ1) is 6.29. The van der Waals surface area contributed by atoms with E-state index in [1.165, 1.54) is 6.21 Å². The number of benzene rings is 1. The van der Waals surface area contributed by atoms with E-state index in [-0.39, 0.29) is 0 Å². The summed E-state index contributed by atoms with van der Waals surface area (Å²) in [6.45, 7) is 3.83. The van der Waals surface area contributed by atoms with Crippen molar-refractivity contribution in [3.63, 3.8) is 0 Å². The Morgan fingerprint density at radius 2 is 2.15 bits per heavy atom. The van der Waals surface area contributed by atoms with Crippen molar-refractivity contribution in [3.8, 4) is 0 Å². The van der Waals surface area contributed by atoms with Gasteiger partial charge in [0, 0.05) is 18.8 Å². The molecule has 0 unspecified atom stereocenters. The molecule has 0 bridgehead atoms. The molecule has 66 valence electrons. The first-order valence-electron chi connectivity index (χ1n) is 3.95. The normalized spacial score (nSPS) is 13.0. The van der Waals surface area contributed by atoms with Gasteiger partial charge >= 0.3 is 0 Å². The highest BCUT2D eigenvalue weighted by atomic mass is 16.1. The molecule has 0 aliphatic heterocycles. The van der Waals surface area contributed by atoms with Crippen LogP contribution in [0.1, 0.15) is 0 Å². The van der Waals surface area contributed by atoms with Crippen LogP contribution in [-0.4, -0.2) is 19.5 Å². The molecule has 0 amide bonds. The largest absolute Gasteiger partial charge is 0.298 e. The Bertz CT molecular complexity index is 432.